The molecule has 0 N–H and O–H groups in total. The molecule has 0 amide bonds. The van der Waals surface area contributed by atoms with E-state index in [0.717, 1.165) is 44.8 Å². The van der Waals surface area contributed by atoms with Crippen LogP contribution in [0.3, 0.4) is 0 Å². The fourth-order valence-electron chi connectivity index (χ4n) is 2.41. The summed E-state index contributed by atoms with van der Waals surface area (Å²) >= 11 is 0. The van der Waals surface area contributed by atoms with E-state index in [1.165, 1.54) is 12.1 Å². The smallest absolute Gasteiger partial charge is 0.123 e. The van der Waals surface area contributed by atoms with Crippen molar-refractivity contribution >= 4 is 5.69 Å². The van der Waals surface area contributed by atoms with Gasteiger partial charge in [-0.1, -0.05) is 6.92 Å². The summed E-state index contributed by atoms with van der Waals surface area (Å²) in [5, 5.41) is 8.99. The molecule has 1 fully saturated rings. The van der Waals surface area contributed by atoms with Gasteiger partial charge >= 0.3 is 0 Å². The van der Waals surface area contributed by atoms with Crippen LogP contribution < -0.4 is 4.90 Å². The van der Waals surface area contributed by atoms with Gasteiger partial charge in [-0.2, -0.15) is 5.26 Å². The van der Waals surface area contributed by atoms with Crippen LogP contribution in [0, 0.1) is 23.1 Å². The summed E-state index contributed by atoms with van der Waals surface area (Å²) in [6.07, 6.45) is 0.911. The molecule has 4 heteroatoms. The highest BCUT2D eigenvalue weighted by atomic mass is 19.1. The first-order valence-electron chi connectivity index (χ1n) is 6.85. The number of piperazine rings is 1. The van der Waals surface area contributed by atoms with Crippen LogP contribution in [-0.2, 0) is 0 Å². The lowest BCUT2D eigenvalue weighted by Crippen LogP contribution is -2.47. The molecular weight excluding hydrogens is 241 g/mol. The molecular formula is C15H20FN3. The molecule has 1 aromatic rings. The van der Waals surface area contributed by atoms with Crippen molar-refractivity contribution < 1.29 is 4.39 Å². The lowest BCUT2D eigenvalue weighted by molar-refractivity contribution is 0.234. The molecule has 1 aromatic carbocycles. The van der Waals surface area contributed by atoms with Gasteiger partial charge in [0.25, 0.3) is 0 Å². The zero-order valence-electron chi connectivity index (χ0n) is 11.3. The average molecular weight is 261 g/mol. The fraction of sp³-hybridized carbons (Fsp3) is 0.533. The Kier molecular flexibility index (Phi) is 4.75. The molecule has 1 unspecified atom stereocenters. The zero-order valence-corrected chi connectivity index (χ0v) is 11.3. The molecule has 19 heavy (non-hydrogen) atoms. The van der Waals surface area contributed by atoms with Gasteiger partial charge in [-0.15, -0.1) is 0 Å². The van der Waals surface area contributed by atoms with E-state index in [0.29, 0.717) is 0 Å². The Morgan fingerprint density at radius 1 is 1.21 bits per heavy atom. The minimum Gasteiger partial charge on any atom is -0.369 e. The van der Waals surface area contributed by atoms with E-state index < -0.39 is 0 Å². The third-order valence-electron chi connectivity index (χ3n) is 3.72. The maximum Gasteiger partial charge on any atom is 0.123 e. The molecule has 1 heterocycles. The number of benzene rings is 1. The molecule has 1 aliphatic rings. The third-order valence-corrected chi connectivity index (χ3v) is 3.72. The predicted molar refractivity (Wildman–Crippen MR) is 74.4 cm³/mol. The van der Waals surface area contributed by atoms with Crippen molar-refractivity contribution in [2.24, 2.45) is 5.92 Å². The molecule has 1 aliphatic heterocycles. The number of nitriles is 1. The Morgan fingerprint density at radius 2 is 1.84 bits per heavy atom. The summed E-state index contributed by atoms with van der Waals surface area (Å²) in [5.74, 6) is -0.0560. The molecule has 1 saturated heterocycles. The number of hydrogen-bond acceptors (Lipinski definition) is 3. The SMILES string of the molecule is CCC(C#N)CN1CCN(c2ccc(F)cc2)CC1. The average Bonchev–Trinajstić information content (AvgIpc) is 2.46. The summed E-state index contributed by atoms with van der Waals surface area (Å²) in [5.41, 5.74) is 1.08. The first-order valence-corrected chi connectivity index (χ1v) is 6.85. The van der Waals surface area contributed by atoms with Gasteiger partial charge in [0.15, 0.2) is 0 Å². The number of hydrogen-bond donors (Lipinski definition) is 0. The van der Waals surface area contributed by atoms with Crippen LogP contribution in [0.25, 0.3) is 0 Å². The molecule has 0 aromatic heterocycles. The third kappa shape index (κ3) is 3.68. The van der Waals surface area contributed by atoms with Crippen molar-refractivity contribution in [3.05, 3.63) is 30.1 Å². The van der Waals surface area contributed by atoms with Gasteiger partial charge in [0.2, 0.25) is 0 Å². The number of nitrogens with zero attached hydrogens (tertiary/aromatic N) is 3. The fourth-order valence-corrected chi connectivity index (χ4v) is 2.41. The quantitative estimate of drug-likeness (QED) is 0.834. The second-order valence-electron chi connectivity index (χ2n) is 5.00. The Hall–Kier alpha value is -1.60. The Balaban J connectivity index is 1.85. The number of halogens is 1. The minimum atomic E-state index is -0.192. The van der Waals surface area contributed by atoms with E-state index in [1.54, 1.807) is 0 Å². The normalized spacial score (nSPS) is 18.1. The van der Waals surface area contributed by atoms with Crippen molar-refractivity contribution in [2.45, 2.75) is 13.3 Å². The van der Waals surface area contributed by atoms with Crippen molar-refractivity contribution in [3.63, 3.8) is 0 Å². The standard InChI is InChI=1S/C15H20FN3/c1-2-13(11-17)12-18-7-9-19(10-8-18)15-5-3-14(16)4-6-15/h3-6,13H,2,7-10,12H2,1H3. The highest BCUT2D eigenvalue weighted by Gasteiger charge is 2.19. The van der Waals surface area contributed by atoms with Gasteiger partial charge in [-0.25, -0.2) is 4.39 Å². The molecule has 102 valence electrons. The van der Waals surface area contributed by atoms with Gasteiger partial charge in [0.1, 0.15) is 5.82 Å². The van der Waals surface area contributed by atoms with Crippen molar-refractivity contribution in [1.29, 1.82) is 5.26 Å². The molecule has 0 saturated carbocycles. The van der Waals surface area contributed by atoms with Crippen LogP contribution in [0.1, 0.15) is 13.3 Å². The first kappa shape index (κ1) is 13.8. The molecule has 0 aliphatic carbocycles. The molecule has 0 spiro atoms. The summed E-state index contributed by atoms with van der Waals surface area (Å²) in [6, 6.07) is 9.02. The van der Waals surface area contributed by atoms with Gasteiger partial charge in [0.05, 0.1) is 12.0 Å². The molecule has 0 bridgehead atoms. The summed E-state index contributed by atoms with van der Waals surface area (Å²) in [6.45, 7) is 6.74. The zero-order chi connectivity index (χ0) is 13.7. The maximum atomic E-state index is 12.9. The van der Waals surface area contributed by atoms with Gasteiger partial charge in [-0.3, -0.25) is 4.90 Å². The van der Waals surface area contributed by atoms with Crippen molar-refractivity contribution in [3.8, 4) is 6.07 Å². The Bertz CT molecular complexity index is 430. The van der Waals surface area contributed by atoms with Gasteiger partial charge in [0, 0.05) is 38.4 Å². The largest absolute Gasteiger partial charge is 0.369 e. The van der Waals surface area contributed by atoms with E-state index in [-0.39, 0.29) is 11.7 Å². The van der Waals surface area contributed by atoms with Crippen LogP contribution in [0.4, 0.5) is 10.1 Å². The van der Waals surface area contributed by atoms with Crippen LogP contribution in [0.2, 0.25) is 0 Å². The second-order valence-corrected chi connectivity index (χ2v) is 5.00. The Morgan fingerprint density at radius 3 is 2.37 bits per heavy atom. The molecule has 0 radical (unpaired) electrons. The summed E-state index contributed by atoms with van der Waals surface area (Å²) < 4.78 is 12.9. The molecule has 3 nitrogen and oxygen atoms in total. The van der Waals surface area contributed by atoms with E-state index in [9.17, 15) is 4.39 Å². The van der Waals surface area contributed by atoms with Crippen LogP contribution >= 0.6 is 0 Å². The molecule has 2 rings (SSSR count). The number of anilines is 1. The van der Waals surface area contributed by atoms with Crippen LogP contribution in [0.5, 0.6) is 0 Å². The van der Waals surface area contributed by atoms with Crippen LogP contribution in [0.15, 0.2) is 24.3 Å². The lowest BCUT2D eigenvalue weighted by atomic mass is 10.1. The van der Waals surface area contributed by atoms with E-state index in [4.69, 9.17) is 5.26 Å². The van der Waals surface area contributed by atoms with Crippen LogP contribution in [-0.4, -0.2) is 37.6 Å². The van der Waals surface area contributed by atoms with Gasteiger partial charge in [-0.05, 0) is 30.7 Å². The second kappa shape index (κ2) is 6.53. The minimum absolute atomic E-state index is 0.136. The van der Waals surface area contributed by atoms with E-state index in [1.807, 2.05) is 12.1 Å². The van der Waals surface area contributed by atoms with Crippen molar-refractivity contribution in [2.75, 3.05) is 37.6 Å². The van der Waals surface area contributed by atoms with Crippen molar-refractivity contribution in [1.82, 2.24) is 4.90 Å². The highest BCUT2D eigenvalue weighted by molar-refractivity contribution is 5.46. The summed E-state index contributed by atoms with van der Waals surface area (Å²) in [7, 11) is 0. The maximum absolute atomic E-state index is 12.9. The first-order chi connectivity index (χ1) is 9.22. The monoisotopic (exact) mass is 261 g/mol. The van der Waals surface area contributed by atoms with E-state index >= 15 is 0 Å². The van der Waals surface area contributed by atoms with E-state index in [2.05, 4.69) is 22.8 Å². The highest BCUT2D eigenvalue weighted by Crippen LogP contribution is 2.17. The number of rotatable bonds is 4. The molecule has 1 atom stereocenters. The lowest BCUT2D eigenvalue weighted by Gasteiger charge is -2.36. The topological polar surface area (TPSA) is 30.3 Å². The predicted octanol–water partition coefficient (Wildman–Crippen LogP) is 2.50. The van der Waals surface area contributed by atoms with Gasteiger partial charge < -0.3 is 4.90 Å². The summed E-state index contributed by atoms with van der Waals surface area (Å²) in [4.78, 5) is 4.61. The Labute approximate surface area is 114 Å².